The first-order chi connectivity index (χ1) is 4.84. The van der Waals surface area contributed by atoms with E-state index in [1.807, 2.05) is 6.07 Å². The molecule has 1 N–H and O–H groups in total. The smallest absolute Gasteiger partial charge is 0.120 e. The number of rotatable bonds is 1. The van der Waals surface area contributed by atoms with Crippen molar-refractivity contribution in [2.45, 2.75) is 0 Å². The molecule has 0 heterocycles. The van der Waals surface area contributed by atoms with Crippen LogP contribution in [0.15, 0.2) is 24.3 Å². The van der Waals surface area contributed by atoms with Crippen LogP contribution in [-0.2, 0) is 0 Å². The van der Waals surface area contributed by atoms with Gasteiger partial charge in [0.2, 0.25) is 0 Å². The summed E-state index contributed by atoms with van der Waals surface area (Å²) in [5.41, 5.74) is 0.685. The predicted octanol–water partition coefficient (Wildman–Crippen LogP) is 1.58. The van der Waals surface area contributed by atoms with Crippen LogP contribution in [0.2, 0.25) is 0 Å². The van der Waals surface area contributed by atoms with E-state index in [1.165, 1.54) is 6.42 Å². The van der Waals surface area contributed by atoms with Crippen LogP contribution in [0, 0.1) is 18.8 Å². The molecule has 0 amide bonds. The fourth-order valence-corrected chi connectivity index (χ4v) is 0.699. The molecule has 0 aliphatic heterocycles. The van der Waals surface area contributed by atoms with Gasteiger partial charge in [-0.2, -0.15) is 0 Å². The molecular weight excluding hydrogens is 124 g/mol. The molecule has 1 nitrogen and oxygen atoms in total. The van der Waals surface area contributed by atoms with Crippen molar-refractivity contribution in [3.05, 3.63) is 36.2 Å². The van der Waals surface area contributed by atoms with Crippen LogP contribution in [0.25, 0.3) is 0 Å². The summed E-state index contributed by atoms with van der Waals surface area (Å²) in [6.45, 7) is 0. The first-order valence-electron chi connectivity index (χ1n) is 2.92. The normalized spacial score (nSPS) is 8.70. The molecule has 0 spiro atoms. The van der Waals surface area contributed by atoms with Crippen molar-refractivity contribution in [3.63, 3.8) is 0 Å². The van der Waals surface area contributed by atoms with Crippen LogP contribution in [0.1, 0.15) is 5.56 Å². The van der Waals surface area contributed by atoms with Gasteiger partial charge in [-0.05, 0) is 6.07 Å². The fourth-order valence-electron chi connectivity index (χ4n) is 0.699. The van der Waals surface area contributed by atoms with Crippen LogP contribution in [0.5, 0.6) is 5.75 Å². The fraction of sp³-hybridized carbons (Fsp3) is 0. The standard InChI is InChI=1S/C9H7O/c1-2-5-8-6-3-4-7-9(8)10/h1,3-7,10H. The maximum Gasteiger partial charge on any atom is 0.120 e. The second kappa shape index (κ2) is 2.93. The molecule has 1 heteroatoms. The molecule has 0 aliphatic rings. The van der Waals surface area contributed by atoms with E-state index in [0.29, 0.717) is 5.56 Å². The predicted molar refractivity (Wildman–Crippen MR) is 40.3 cm³/mol. The Morgan fingerprint density at radius 2 is 2.10 bits per heavy atom. The summed E-state index contributed by atoms with van der Waals surface area (Å²) < 4.78 is 0. The van der Waals surface area contributed by atoms with E-state index in [9.17, 15) is 0 Å². The maximum atomic E-state index is 9.11. The summed E-state index contributed by atoms with van der Waals surface area (Å²) in [5, 5.41) is 9.11. The Morgan fingerprint density at radius 1 is 1.40 bits per heavy atom. The summed E-state index contributed by atoms with van der Waals surface area (Å²) in [4.78, 5) is 0. The van der Waals surface area contributed by atoms with Crippen LogP contribution >= 0.6 is 0 Å². The van der Waals surface area contributed by atoms with Crippen molar-refractivity contribution >= 4 is 0 Å². The van der Waals surface area contributed by atoms with Crippen molar-refractivity contribution in [1.82, 2.24) is 0 Å². The van der Waals surface area contributed by atoms with Crippen molar-refractivity contribution < 1.29 is 5.11 Å². The molecule has 49 valence electrons. The van der Waals surface area contributed by atoms with E-state index >= 15 is 0 Å². The van der Waals surface area contributed by atoms with Gasteiger partial charge in [-0.15, -0.1) is 6.42 Å². The summed E-state index contributed by atoms with van der Waals surface area (Å²) >= 11 is 0. The molecule has 1 radical (unpaired) electrons. The van der Waals surface area contributed by atoms with Gasteiger partial charge >= 0.3 is 0 Å². The lowest BCUT2D eigenvalue weighted by atomic mass is 10.1. The maximum absolute atomic E-state index is 9.11. The topological polar surface area (TPSA) is 20.2 Å². The molecular formula is C9H7O. The average molecular weight is 131 g/mol. The molecule has 0 bridgehead atoms. The highest BCUT2D eigenvalue weighted by Crippen LogP contribution is 2.16. The van der Waals surface area contributed by atoms with E-state index in [1.54, 1.807) is 18.2 Å². The van der Waals surface area contributed by atoms with Gasteiger partial charge in [0.25, 0.3) is 0 Å². The highest BCUT2D eigenvalue weighted by molar-refractivity contribution is 5.41. The largest absolute Gasteiger partial charge is 0.508 e. The number of phenolic OH excluding ortho intramolecular Hbond substituents is 1. The zero-order chi connectivity index (χ0) is 7.40. The van der Waals surface area contributed by atoms with E-state index in [4.69, 9.17) is 11.5 Å². The molecule has 0 atom stereocenters. The lowest BCUT2D eigenvalue weighted by Crippen LogP contribution is -1.77. The van der Waals surface area contributed by atoms with E-state index in [2.05, 4.69) is 5.92 Å². The van der Waals surface area contributed by atoms with E-state index in [-0.39, 0.29) is 5.75 Å². The number of hydrogen-bond acceptors (Lipinski definition) is 1. The molecule has 1 rings (SSSR count). The van der Waals surface area contributed by atoms with Gasteiger partial charge in [-0.3, -0.25) is 0 Å². The lowest BCUT2D eigenvalue weighted by Gasteiger charge is -1.96. The summed E-state index contributed by atoms with van der Waals surface area (Å²) in [6, 6.07) is 6.93. The monoisotopic (exact) mass is 131 g/mol. The lowest BCUT2D eigenvalue weighted by molar-refractivity contribution is 0.472. The summed E-state index contributed by atoms with van der Waals surface area (Å²) in [6.07, 6.45) is 6.54. The molecule has 0 saturated heterocycles. The van der Waals surface area contributed by atoms with E-state index < -0.39 is 0 Å². The van der Waals surface area contributed by atoms with Gasteiger partial charge < -0.3 is 5.11 Å². The Kier molecular flexibility index (Phi) is 1.96. The van der Waals surface area contributed by atoms with Crippen LogP contribution in [0.3, 0.4) is 0 Å². The van der Waals surface area contributed by atoms with Gasteiger partial charge in [0.15, 0.2) is 0 Å². The third-order valence-corrected chi connectivity index (χ3v) is 1.18. The minimum atomic E-state index is 0.223. The van der Waals surface area contributed by atoms with Crippen molar-refractivity contribution in [1.29, 1.82) is 0 Å². The van der Waals surface area contributed by atoms with Crippen molar-refractivity contribution in [3.8, 4) is 18.1 Å². The molecule has 0 fully saturated rings. The summed E-state index contributed by atoms with van der Waals surface area (Å²) in [5.74, 6) is 2.56. The van der Waals surface area contributed by atoms with Gasteiger partial charge in [-0.1, -0.05) is 24.1 Å². The SMILES string of the molecule is C#C[CH]c1ccccc1O. The van der Waals surface area contributed by atoms with Gasteiger partial charge in [-0.25, -0.2) is 0 Å². The van der Waals surface area contributed by atoms with E-state index in [0.717, 1.165) is 0 Å². The molecule has 1 aromatic carbocycles. The Hall–Kier alpha value is -1.42. The highest BCUT2D eigenvalue weighted by Gasteiger charge is 1.94. The number of hydrogen-bond donors (Lipinski definition) is 1. The Bertz CT molecular complexity index is 258. The summed E-state index contributed by atoms with van der Waals surface area (Å²) in [7, 11) is 0. The first kappa shape index (κ1) is 6.70. The molecule has 0 saturated carbocycles. The minimum absolute atomic E-state index is 0.223. The zero-order valence-electron chi connectivity index (χ0n) is 5.41. The second-order valence-electron chi connectivity index (χ2n) is 1.87. The highest BCUT2D eigenvalue weighted by atomic mass is 16.3. The van der Waals surface area contributed by atoms with Crippen molar-refractivity contribution in [2.24, 2.45) is 0 Å². The van der Waals surface area contributed by atoms with Crippen LogP contribution in [0.4, 0.5) is 0 Å². The number of benzene rings is 1. The number of terminal acetylenes is 1. The second-order valence-corrected chi connectivity index (χ2v) is 1.87. The molecule has 0 aromatic heterocycles. The molecule has 0 unspecified atom stereocenters. The van der Waals surface area contributed by atoms with Crippen LogP contribution < -0.4 is 0 Å². The number of phenols is 1. The first-order valence-corrected chi connectivity index (χ1v) is 2.92. The number of para-hydroxylation sites is 1. The minimum Gasteiger partial charge on any atom is -0.508 e. The molecule has 0 aliphatic carbocycles. The van der Waals surface area contributed by atoms with Gasteiger partial charge in [0.05, 0.1) is 6.42 Å². The quantitative estimate of drug-likeness (QED) is 0.573. The van der Waals surface area contributed by atoms with Crippen molar-refractivity contribution in [2.75, 3.05) is 0 Å². The Balaban J connectivity index is 2.94. The van der Waals surface area contributed by atoms with Gasteiger partial charge in [0.1, 0.15) is 5.75 Å². The Morgan fingerprint density at radius 3 is 2.70 bits per heavy atom. The third-order valence-electron chi connectivity index (χ3n) is 1.18. The van der Waals surface area contributed by atoms with Gasteiger partial charge in [0, 0.05) is 5.56 Å². The molecule has 1 aromatic rings. The Labute approximate surface area is 60.3 Å². The zero-order valence-corrected chi connectivity index (χ0v) is 5.41. The number of aromatic hydroxyl groups is 1. The third kappa shape index (κ3) is 1.29. The van der Waals surface area contributed by atoms with Crippen LogP contribution in [-0.4, -0.2) is 5.11 Å². The average Bonchev–Trinajstić information content (AvgIpc) is 1.94. The molecule has 10 heavy (non-hydrogen) atoms.